The van der Waals surface area contributed by atoms with E-state index in [1.807, 2.05) is 0 Å². The summed E-state index contributed by atoms with van der Waals surface area (Å²) < 4.78 is 28.5. The van der Waals surface area contributed by atoms with E-state index in [4.69, 9.17) is 11.7 Å². The van der Waals surface area contributed by atoms with Gasteiger partial charge in [0, 0.05) is 12.4 Å². The third kappa shape index (κ3) is 2.76. The topological polar surface area (TPSA) is 92.3 Å². The number of H-pyrrole nitrogens is 1. The van der Waals surface area contributed by atoms with E-state index in [1.165, 1.54) is 18.3 Å². The van der Waals surface area contributed by atoms with Crippen LogP contribution >= 0.6 is 0 Å². The van der Waals surface area contributed by atoms with E-state index in [0.29, 0.717) is 0 Å². The summed E-state index contributed by atoms with van der Waals surface area (Å²) in [4.78, 5) is 29.9. The maximum atomic E-state index is 14.1. The first-order valence-electron chi connectivity index (χ1n) is 6.79. The molecule has 7 nitrogen and oxygen atoms in total. The van der Waals surface area contributed by atoms with Crippen LogP contribution in [0.15, 0.2) is 41.5 Å². The molecule has 2 N–H and O–H groups in total. The SMILES string of the molecule is [C-]#[N+]c1ccc(-c2c[nH]n(-c3ncc(C(=O)O)cc3F)c2=O)cc1F. The Morgan fingerprint density at radius 2 is 2.04 bits per heavy atom. The second kappa shape index (κ2) is 6.01. The number of aromatic nitrogens is 3. The van der Waals surface area contributed by atoms with Gasteiger partial charge in [-0.15, -0.1) is 0 Å². The standard InChI is InChI=1S/C16H8F2N4O3/c1-19-13-3-2-8(4-11(13)17)10-7-21-22(15(10)23)14-12(18)5-9(6-20-14)16(24)25/h2-7,21H,(H,24,25). The lowest BCUT2D eigenvalue weighted by molar-refractivity contribution is 0.0696. The van der Waals surface area contributed by atoms with Gasteiger partial charge in [-0.3, -0.25) is 9.89 Å². The van der Waals surface area contributed by atoms with E-state index in [0.717, 1.165) is 23.0 Å². The summed E-state index contributed by atoms with van der Waals surface area (Å²) in [7, 11) is 0. The van der Waals surface area contributed by atoms with Gasteiger partial charge in [0.1, 0.15) is 5.82 Å². The van der Waals surface area contributed by atoms with Crippen molar-refractivity contribution in [3.63, 3.8) is 0 Å². The van der Waals surface area contributed by atoms with Crippen molar-refractivity contribution in [3.8, 4) is 16.9 Å². The van der Waals surface area contributed by atoms with Crippen LogP contribution in [0.25, 0.3) is 21.8 Å². The van der Waals surface area contributed by atoms with Gasteiger partial charge in [0.15, 0.2) is 11.6 Å². The summed E-state index contributed by atoms with van der Waals surface area (Å²) in [5, 5.41) is 11.3. The highest BCUT2D eigenvalue weighted by Gasteiger charge is 2.17. The molecule has 0 atom stereocenters. The van der Waals surface area contributed by atoms with Crippen LogP contribution in [0.1, 0.15) is 10.4 Å². The number of carboxylic acid groups (broad SMARTS) is 1. The summed E-state index contributed by atoms with van der Waals surface area (Å²) in [6.45, 7) is 6.81. The Morgan fingerprint density at radius 3 is 2.64 bits per heavy atom. The van der Waals surface area contributed by atoms with Gasteiger partial charge in [-0.05, 0) is 17.7 Å². The minimum atomic E-state index is -1.35. The number of nitrogens with one attached hydrogen (secondary N) is 1. The molecule has 0 spiro atoms. The Kier molecular flexibility index (Phi) is 3.86. The van der Waals surface area contributed by atoms with Crippen LogP contribution in [-0.2, 0) is 0 Å². The van der Waals surface area contributed by atoms with Gasteiger partial charge in [0.25, 0.3) is 5.56 Å². The molecule has 124 valence electrons. The number of aromatic amines is 1. The largest absolute Gasteiger partial charge is 0.478 e. The fraction of sp³-hybridized carbons (Fsp3) is 0. The highest BCUT2D eigenvalue weighted by molar-refractivity contribution is 5.87. The Balaban J connectivity index is 2.08. The van der Waals surface area contributed by atoms with E-state index in [9.17, 15) is 18.4 Å². The Bertz CT molecular complexity index is 1100. The maximum absolute atomic E-state index is 14.1. The number of benzene rings is 1. The monoisotopic (exact) mass is 342 g/mol. The molecule has 3 aromatic rings. The van der Waals surface area contributed by atoms with Crippen molar-refractivity contribution in [2.24, 2.45) is 0 Å². The number of nitrogens with zero attached hydrogens (tertiary/aromatic N) is 3. The molecule has 0 radical (unpaired) electrons. The average Bonchev–Trinajstić information content (AvgIpc) is 2.96. The lowest BCUT2D eigenvalue weighted by Gasteiger charge is -2.03. The summed E-state index contributed by atoms with van der Waals surface area (Å²) in [6.07, 6.45) is 2.15. The lowest BCUT2D eigenvalue weighted by Crippen LogP contribution is -2.19. The number of rotatable bonds is 3. The molecule has 9 heteroatoms. The number of pyridine rings is 1. The molecule has 0 unspecified atom stereocenters. The molecule has 1 aromatic carbocycles. The third-order valence-electron chi connectivity index (χ3n) is 3.43. The van der Waals surface area contributed by atoms with Crippen LogP contribution in [-0.4, -0.2) is 25.8 Å². The molecule has 0 aliphatic heterocycles. The Labute approximate surface area is 138 Å². The molecular formula is C16H8F2N4O3. The average molecular weight is 342 g/mol. The molecule has 0 aliphatic rings. The molecule has 0 aliphatic carbocycles. The van der Waals surface area contributed by atoms with E-state index < -0.39 is 29.0 Å². The van der Waals surface area contributed by atoms with Crippen molar-refractivity contribution in [3.05, 3.63) is 75.6 Å². The van der Waals surface area contributed by atoms with E-state index in [-0.39, 0.29) is 22.4 Å². The van der Waals surface area contributed by atoms with Gasteiger partial charge >= 0.3 is 5.97 Å². The predicted molar refractivity (Wildman–Crippen MR) is 82.8 cm³/mol. The first-order valence-corrected chi connectivity index (χ1v) is 6.79. The van der Waals surface area contributed by atoms with Crippen molar-refractivity contribution in [2.75, 3.05) is 0 Å². The summed E-state index contributed by atoms with van der Waals surface area (Å²) in [5.41, 5.74) is -1.01. The molecule has 2 aromatic heterocycles. The van der Waals surface area contributed by atoms with Crippen molar-refractivity contribution in [2.45, 2.75) is 0 Å². The second-order valence-electron chi connectivity index (χ2n) is 4.94. The molecule has 25 heavy (non-hydrogen) atoms. The highest BCUT2D eigenvalue weighted by atomic mass is 19.1. The molecular weight excluding hydrogens is 334 g/mol. The number of carbonyl (C=O) groups is 1. The van der Waals surface area contributed by atoms with Crippen LogP contribution in [0.4, 0.5) is 14.5 Å². The number of aromatic carboxylic acids is 1. The summed E-state index contributed by atoms with van der Waals surface area (Å²) in [5.74, 6) is -3.56. The molecule has 3 rings (SSSR count). The normalized spacial score (nSPS) is 10.4. The van der Waals surface area contributed by atoms with E-state index >= 15 is 0 Å². The first-order chi connectivity index (χ1) is 11.9. The zero-order valence-corrected chi connectivity index (χ0v) is 12.3. The highest BCUT2D eigenvalue weighted by Crippen LogP contribution is 2.24. The van der Waals surface area contributed by atoms with Crippen LogP contribution in [0, 0.1) is 18.2 Å². The first kappa shape index (κ1) is 16.1. The smallest absolute Gasteiger partial charge is 0.337 e. The quantitative estimate of drug-likeness (QED) is 0.716. The van der Waals surface area contributed by atoms with Crippen LogP contribution in [0.3, 0.4) is 0 Å². The van der Waals surface area contributed by atoms with E-state index in [1.54, 1.807) is 0 Å². The fourth-order valence-electron chi connectivity index (χ4n) is 2.21. The molecule has 0 saturated heterocycles. The van der Waals surface area contributed by atoms with Gasteiger partial charge in [-0.1, -0.05) is 12.1 Å². The zero-order valence-electron chi connectivity index (χ0n) is 12.3. The number of carboxylic acids is 1. The van der Waals surface area contributed by atoms with Crippen LogP contribution in [0.5, 0.6) is 0 Å². The number of halogens is 2. The third-order valence-corrected chi connectivity index (χ3v) is 3.43. The van der Waals surface area contributed by atoms with Gasteiger partial charge in [-0.2, -0.15) is 4.68 Å². The Hall–Kier alpha value is -3.80. The number of hydrogen-bond acceptors (Lipinski definition) is 3. The second-order valence-corrected chi connectivity index (χ2v) is 4.94. The Morgan fingerprint density at radius 1 is 1.28 bits per heavy atom. The summed E-state index contributed by atoms with van der Waals surface area (Å²) >= 11 is 0. The van der Waals surface area contributed by atoms with E-state index in [2.05, 4.69) is 14.9 Å². The van der Waals surface area contributed by atoms with Gasteiger partial charge in [-0.25, -0.2) is 23.4 Å². The molecule has 0 saturated carbocycles. The van der Waals surface area contributed by atoms with Gasteiger partial charge in [0.05, 0.1) is 17.7 Å². The summed E-state index contributed by atoms with van der Waals surface area (Å²) in [6, 6.07) is 4.39. The molecule has 0 bridgehead atoms. The molecule has 0 fully saturated rings. The minimum absolute atomic E-state index is 0.0407. The predicted octanol–water partition coefficient (Wildman–Crippen LogP) is 2.75. The van der Waals surface area contributed by atoms with Gasteiger partial charge < -0.3 is 5.11 Å². The molecule has 2 heterocycles. The minimum Gasteiger partial charge on any atom is -0.478 e. The molecule has 0 amide bonds. The van der Waals surface area contributed by atoms with Crippen LogP contribution < -0.4 is 5.56 Å². The zero-order chi connectivity index (χ0) is 18.1. The van der Waals surface area contributed by atoms with Crippen LogP contribution in [0.2, 0.25) is 0 Å². The van der Waals surface area contributed by atoms with Crippen molar-refractivity contribution in [1.29, 1.82) is 0 Å². The van der Waals surface area contributed by atoms with Gasteiger partial charge in [0.2, 0.25) is 5.69 Å². The fourth-order valence-corrected chi connectivity index (χ4v) is 2.21. The number of hydrogen-bond donors (Lipinski definition) is 2. The van der Waals surface area contributed by atoms with Crippen molar-refractivity contribution >= 4 is 11.7 Å². The maximum Gasteiger partial charge on any atom is 0.337 e. The van der Waals surface area contributed by atoms with Crippen molar-refractivity contribution in [1.82, 2.24) is 14.8 Å². The lowest BCUT2D eigenvalue weighted by atomic mass is 10.1. The van der Waals surface area contributed by atoms with Crippen molar-refractivity contribution < 1.29 is 18.7 Å².